The first-order chi connectivity index (χ1) is 9.02. The Hall–Kier alpha value is -2.04. The van der Waals surface area contributed by atoms with Crippen LogP contribution in [0, 0.1) is 6.92 Å². The molecule has 0 radical (unpaired) electrons. The quantitative estimate of drug-likeness (QED) is 0.787. The number of aliphatic carboxylic acids is 1. The Labute approximate surface area is 112 Å². The second-order valence-corrected chi connectivity index (χ2v) is 4.32. The summed E-state index contributed by atoms with van der Waals surface area (Å²) in [7, 11) is 0. The third kappa shape index (κ3) is 5.42. The molecule has 0 aliphatic heterocycles. The SMILES string of the molecule is CCC(CC(=O)O)NC(=O)COc1ccccc1C. The van der Waals surface area contributed by atoms with E-state index in [1.54, 1.807) is 6.07 Å². The van der Waals surface area contributed by atoms with Gasteiger partial charge in [-0.2, -0.15) is 0 Å². The Morgan fingerprint density at radius 3 is 2.63 bits per heavy atom. The van der Waals surface area contributed by atoms with Crippen LogP contribution >= 0.6 is 0 Å². The Morgan fingerprint density at radius 2 is 2.05 bits per heavy atom. The van der Waals surface area contributed by atoms with Gasteiger partial charge in [-0.15, -0.1) is 0 Å². The lowest BCUT2D eigenvalue weighted by Crippen LogP contribution is -2.38. The fourth-order valence-corrected chi connectivity index (χ4v) is 1.64. The minimum absolute atomic E-state index is 0.0768. The van der Waals surface area contributed by atoms with E-state index in [1.165, 1.54) is 0 Å². The van der Waals surface area contributed by atoms with Crippen LogP contribution in [0.25, 0.3) is 0 Å². The third-order valence-corrected chi connectivity index (χ3v) is 2.73. The number of carbonyl (C=O) groups excluding carboxylic acids is 1. The molecule has 5 heteroatoms. The number of hydrogen-bond donors (Lipinski definition) is 2. The molecule has 0 fully saturated rings. The number of hydrogen-bond acceptors (Lipinski definition) is 3. The normalized spacial score (nSPS) is 11.7. The van der Waals surface area contributed by atoms with Gasteiger partial charge in [0.25, 0.3) is 5.91 Å². The van der Waals surface area contributed by atoms with E-state index in [0.717, 1.165) is 5.56 Å². The smallest absolute Gasteiger partial charge is 0.305 e. The molecule has 0 aliphatic rings. The lowest BCUT2D eigenvalue weighted by atomic mass is 10.1. The predicted octanol–water partition coefficient (Wildman–Crippen LogP) is 1.74. The van der Waals surface area contributed by atoms with Gasteiger partial charge < -0.3 is 15.2 Å². The van der Waals surface area contributed by atoms with E-state index in [1.807, 2.05) is 32.0 Å². The molecule has 1 aromatic carbocycles. The van der Waals surface area contributed by atoms with E-state index in [2.05, 4.69) is 5.32 Å². The fraction of sp³-hybridized carbons (Fsp3) is 0.429. The van der Waals surface area contributed by atoms with Crippen LogP contribution in [0.4, 0.5) is 0 Å². The monoisotopic (exact) mass is 265 g/mol. The van der Waals surface area contributed by atoms with Gasteiger partial charge in [0.05, 0.1) is 6.42 Å². The second-order valence-electron chi connectivity index (χ2n) is 4.32. The maximum atomic E-state index is 11.6. The summed E-state index contributed by atoms with van der Waals surface area (Å²) < 4.78 is 5.39. The van der Waals surface area contributed by atoms with Gasteiger partial charge in [-0.05, 0) is 25.0 Å². The molecule has 0 heterocycles. The average Bonchev–Trinajstić information content (AvgIpc) is 2.36. The zero-order valence-corrected chi connectivity index (χ0v) is 11.2. The molecule has 5 nitrogen and oxygen atoms in total. The maximum absolute atomic E-state index is 11.6. The molecular weight excluding hydrogens is 246 g/mol. The molecule has 0 bridgehead atoms. The average molecular weight is 265 g/mol. The molecule has 1 amide bonds. The lowest BCUT2D eigenvalue weighted by Gasteiger charge is -2.15. The largest absolute Gasteiger partial charge is 0.484 e. The van der Waals surface area contributed by atoms with Gasteiger partial charge in [-0.25, -0.2) is 0 Å². The molecule has 1 rings (SSSR count). The maximum Gasteiger partial charge on any atom is 0.305 e. The molecule has 104 valence electrons. The Kier molecular flexibility index (Phi) is 5.85. The van der Waals surface area contributed by atoms with Crippen molar-refractivity contribution in [2.24, 2.45) is 0 Å². The summed E-state index contributed by atoms with van der Waals surface area (Å²) in [5, 5.41) is 11.3. The molecule has 0 aliphatic carbocycles. The summed E-state index contributed by atoms with van der Waals surface area (Å²) in [5.74, 6) is -0.577. The van der Waals surface area contributed by atoms with E-state index in [0.29, 0.717) is 12.2 Å². The molecular formula is C14H19NO4. The van der Waals surface area contributed by atoms with Crippen molar-refractivity contribution in [2.75, 3.05) is 6.61 Å². The Bertz CT molecular complexity index is 445. The predicted molar refractivity (Wildman–Crippen MR) is 71.1 cm³/mol. The highest BCUT2D eigenvalue weighted by Gasteiger charge is 2.14. The standard InChI is InChI=1S/C14H19NO4/c1-3-11(8-14(17)18)15-13(16)9-19-12-7-5-4-6-10(12)2/h4-7,11H,3,8-9H2,1-2H3,(H,15,16)(H,17,18). The van der Waals surface area contributed by atoms with E-state index in [9.17, 15) is 9.59 Å². The van der Waals surface area contributed by atoms with Crippen molar-refractivity contribution >= 4 is 11.9 Å². The molecule has 1 aromatic rings. The second kappa shape index (κ2) is 7.41. The summed E-state index contributed by atoms with van der Waals surface area (Å²) in [6.07, 6.45) is 0.495. The summed E-state index contributed by atoms with van der Waals surface area (Å²) >= 11 is 0. The molecule has 0 aromatic heterocycles. The number of benzene rings is 1. The molecule has 1 atom stereocenters. The third-order valence-electron chi connectivity index (χ3n) is 2.73. The number of ether oxygens (including phenoxy) is 1. The number of rotatable bonds is 7. The van der Waals surface area contributed by atoms with Crippen molar-refractivity contribution in [3.63, 3.8) is 0 Å². The van der Waals surface area contributed by atoms with E-state index < -0.39 is 5.97 Å². The number of carbonyl (C=O) groups is 2. The molecule has 0 saturated carbocycles. The summed E-state index contributed by atoms with van der Waals surface area (Å²) in [6, 6.07) is 7.05. The van der Waals surface area contributed by atoms with E-state index in [-0.39, 0.29) is 25.0 Å². The van der Waals surface area contributed by atoms with Crippen LogP contribution in [0.1, 0.15) is 25.3 Å². The van der Waals surface area contributed by atoms with Gasteiger partial charge in [-0.3, -0.25) is 9.59 Å². The van der Waals surface area contributed by atoms with Gasteiger partial charge in [0.2, 0.25) is 0 Å². The number of carboxylic acid groups (broad SMARTS) is 1. The summed E-state index contributed by atoms with van der Waals surface area (Å²) in [6.45, 7) is 3.61. The zero-order chi connectivity index (χ0) is 14.3. The zero-order valence-electron chi connectivity index (χ0n) is 11.2. The Balaban J connectivity index is 2.43. The van der Waals surface area contributed by atoms with Crippen molar-refractivity contribution in [3.8, 4) is 5.75 Å². The first kappa shape index (κ1) is 15.0. The van der Waals surface area contributed by atoms with Crippen LogP contribution in [0.5, 0.6) is 5.75 Å². The van der Waals surface area contributed by atoms with Gasteiger partial charge in [0.15, 0.2) is 6.61 Å². The number of carboxylic acids is 1. The lowest BCUT2D eigenvalue weighted by molar-refractivity contribution is -0.137. The van der Waals surface area contributed by atoms with Crippen molar-refractivity contribution in [2.45, 2.75) is 32.7 Å². The van der Waals surface area contributed by atoms with Gasteiger partial charge in [-0.1, -0.05) is 25.1 Å². The summed E-state index contributed by atoms with van der Waals surface area (Å²) in [4.78, 5) is 22.2. The van der Waals surface area contributed by atoms with Crippen LogP contribution in [0.2, 0.25) is 0 Å². The topological polar surface area (TPSA) is 75.6 Å². The molecule has 2 N–H and O–H groups in total. The van der Waals surface area contributed by atoms with E-state index >= 15 is 0 Å². The number of amides is 1. The molecule has 0 saturated heterocycles. The number of para-hydroxylation sites is 1. The number of aryl methyl sites for hydroxylation is 1. The van der Waals surface area contributed by atoms with Gasteiger partial charge >= 0.3 is 5.97 Å². The van der Waals surface area contributed by atoms with Crippen molar-refractivity contribution in [1.29, 1.82) is 0 Å². The Morgan fingerprint density at radius 1 is 1.37 bits per heavy atom. The van der Waals surface area contributed by atoms with Crippen LogP contribution < -0.4 is 10.1 Å². The van der Waals surface area contributed by atoms with Crippen molar-refractivity contribution in [1.82, 2.24) is 5.32 Å². The first-order valence-corrected chi connectivity index (χ1v) is 6.22. The van der Waals surface area contributed by atoms with Crippen molar-refractivity contribution < 1.29 is 19.4 Å². The molecule has 1 unspecified atom stereocenters. The van der Waals surface area contributed by atoms with Crippen LogP contribution in [-0.2, 0) is 9.59 Å². The molecule has 19 heavy (non-hydrogen) atoms. The highest BCUT2D eigenvalue weighted by Crippen LogP contribution is 2.15. The minimum Gasteiger partial charge on any atom is -0.484 e. The first-order valence-electron chi connectivity index (χ1n) is 6.22. The number of nitrogens with one attached hydrogen (secondary N) is 1. The summed E-state index contributed by atoms with van der Waals surface area (Å²) in [5.41, 5.74) is 0.952. The van der Waals surface area contributed by atoms with Crippen molar-refractivity contribution in [3.05, 3.63) is 29.8 Å². The van der Waals surface area contributed by atoms with Crippen LogP contribution in [0.15, 0.2) is 24.3 Å². The minimum atomic E-state index is -0.924. The van der Waals surface area contributed by atoms with Gasteiger partial charge in [0, 0.05) is 6.04 Å². The van der Waals surface area contributed by atoms with Gasteiger partial charge in [0.1, 0.15) is 5.75 Å². The van der Waals surface area contributed by atoms with E-state index in [4.69, 9.17) is 9.84 Å². The molecule has 0 spiro atoms. The highest BCUT2D eigenvalue weighted by atomic mass is 16.5. The fourth-order valence-electron chi connectivity index (χ4n) is 1.64. The highest BCUT2D eigenvalue weighted by molar-refractivity contribution is 5.78. The van der Waals surface area contributed by atoms with Crippen LogP contribution in [-0.4, -0.2) is 29.6 Å². The van der Waals surface area contributed by atoms with Crippen LogP contribution in [0.3, 0.4) is 0 Å².